The average molecular weight is 312 g/mol. The zero-order chi connectivity index (χ0) is 15.7. The lowest BCUT2D eigenvalue weighted by atomic mass is 9.93. The van der Waals surface area contributed by atoms with Crippen LogP contribution in [0.2, 0.25) is 0 Å². The quantitative estimate of drug-likeness (QED) is 0.571. The summed E-state index contributed by atoms with van der Waals surface area (Å²) in [6, 6.07) is 1.05. The molecule has 0 radical (unpaired) electrons. The van der Waals surface area contributed by atoms with Gasteiger partial charge in [-0.3, -0.25) is 20.3 Å². The molecule has 1 saturated carbocycles. The van der Waals surface area contributed by atoms with Crippen LogP contribution in [0.4, 0.5) is 0 Å². The smallest absolute Gasteiger partial charge is 0.266 e. The van der Waals surface area contributed by atoms with Crippen molar-refractivity contribution in [3.05, 3.63) is 10.1 Å². The van der Waals surface area contributed by atoms with Crippen molar-refractivity contribution in [1.29, 1.82) is 0 Å². The first-order chi connectivity index (χ1) is 10.5. The molecule has 0 spiro atoms. The lowest BCUT2D eigenvalue weighted by Crippen LogP contribution is -2.62. The fourth-order valence-electron chi connectivity index (χ4n) is 3.60. The van der Waals surface area contributed by atoms with E-state index in [0.717, 1.165) is 26.1 Å². The van der Waals surface area contributed by atoms with Crippen LogP contribution in [-0.2, 0) is 4.74 Å². The van der Waals surface area contributed by atoms with Crippen molar-refractivity contribution in [2.45, 2.75) is 69.4 Å². The van der Waals surface area contributed by atoms with Crippen molar-refractivity contribution in [1.82, 2.24) is 15.5 Å². The van der Waals surface area contributed by atoms with E-state index in [2.05, 4.69) is 29.4 Å². The van der Waals surface area contributed by atoms with Gasteiger partial charge in [-0.1, -0.05) is 0 Å². The molecule has 3 atom stereocenters. The van der Waals surface area contributed by atoms with Crippen LogP contribution in [0.3, 0.4) is 0 Å². The summed E-state index contributed by atoms with van der Waals surface area (Å²) in [5.74, 6) is 0. The summed E-state index contributed by atoms with van der Waals surface area (Å²) in [5.41, 5.74) is -0.0225. The van der Waals surface area contributed by atoms with E-state index in [1.54, 1.807) is 0 Å². The van der Waals surface area contributed by atoms with Crippen LogP contribution in [0.1, 0.15) is 39.5 Å². The van der Waals surface area contributed by atoms with Crippen LogP contribution in [0.15, 0.2) is 0 Å². The average Bonchev–Trinajstić information content (AvgIpc) is 3.31. The van der Waals surface area contributed by atoms with Gasteiger partial charge >= 0.3 is 0 Å². The topological polar surface area (TPSA) is 79.7 Å². The van der Waals surface area contributed by atoms with Gasteiger partial charge in [0, 0.05) is 48.6 Å². The minimum Gasteiger partial charge on any atom is -0.374 e. The molecular formula is C15H28N4O3. The predicted molar refractivity (Wildman–Crippen MR) is 83.4 cm³/mol. The molecule has 2 N–H and O–H groups in total. The van der Waals surface area contributed by atoms with Gasteiger partial charge in [-0.2, -0.15) is 0 Å². The van der Waals surface area contributed by atoms with E-state index in [4.69, 9.17) is 4.74 Å². The summed E-state index contributed by atoms with van der Waals surface area (Å²) >= 11 is 0. The molecule has 0 amide bonds. The molecule has 3 rings (SSSR count). The van der Waals surface area contributed by atoms with E-state index in [0.29, 0.717) is 25.0 Å². The molecule has 0 bridgehead atoms. The van der Waals surface area contributed by atoms with Gasteiger partial charge in [0.15, 0.2) is 0 Å². The molecule has 2 aliphatic heterocycles. The molecular weight excluding hydrogens is 284 g/mol. The zero-order valence-corrected chi connectivity index (χ0v) is 13.6. The molecule has 3 aliphatic rings. The Morgan fingerprint density at radius 1 is 1.32 bits per heavy atom. The van der Waals surface area contributed by atoms with E-state index in [1.165, 1.54) is 12.8 Å². The van der Waals surface area contributed by atoms with E-state index in [-0.39, 0.29) is 16.6 Å². The fourth-order valence-corrected chi connectivity index (χ4v) is 3.60. The molecule has 0 aromatic rings. The number of piperidine rings is 1. The summed E-state index contributed by atoms with van der Waals surface area (Å²) in [5, 5.41) is 17.6. The molecule has 0 aromatic heterocycles. The van der Waals surface area contributed by atoms with Crippen molar-refractivity contribution in [2.75, 3.05) is 26.2 Å². The molecule has 1 aliphatic carbocycles. The first-order valence-electron chi connectivity index (χ1n) is 8.46. The lowest BCUT2D eigenvalue weighted by molar-refractivity contribution is -0.532. The lowest BCUT2D eigenvalue weighted by Gasteiger charge is -2.45. The number of nitrogens with zero attached hydrogens (tertiary/aromatic N) is 2. The molecule has 2 heterocycles. The number of morpholine rings is 1. The molecule has 3 fully saturated rings. The fraction of sp³-hybridized carbons (Fsp3) is 1.00. The van der Waals surface area contributed by atoms with E-state index >= 15 is 0 Å². The maximum absolute atomic E-state index is 10.8. The molecule has 22 heavy (non-hydrogen) atoms. The Hall–Kier alpha value is -0.760. The van der Waals surface area contributed by atoms with Crippen LogP contribution in [0.5, 0.6) is 0 Å². The monoisotopic (exact) mass is 312 g/mol. The number of ether oxygens (including phenoxy) is 1. The maximum atomic E-state index is 10.8. The first-order valence-corrected chi connectivity index (χ1v) is 8.46. The standard InChI is InChI=1S/C15H28N4O3/c1-15(2,17-11-3-4-11)13-10-18(7-8-22-13)12-5-6-14(16-9-12)19(20)21/h11-14,16-17H,3-10H2,1-2H3. The second-order valence-electron chi connectivity index (χ2n) is 7.44. The SMILES string of the molecule is CC(C)(NC1CC1)C1CN(C2CCC([N+](=O)[O-])NC2)CCO1. The number of hydrogen-bond donors (Lipinski definition) is 2. The maximum Gasteiger partial charge on any atom is 0.266 e. The Kier molecular flexibility index (Phi) is 4.68. The van der Waals surface area contributed by atoms with Crippen molar-refractivity contribution >= 4 is 0 Å². The zero-order valence-electron chi connectivity index (χ0n) is 13.6. The van der Waals surface area contributed by atoms with E-state index in [9.17, 15) is 10.1 Å². The number of nitro groups is 1. The summed E-state index contributed by atoms with van der Waals surface area (Å²) < 4.78 is 6.02. The van der Waals surface area contributed by atoms with Crippen LogP contribution in [0.25, 0.3) is 0 Å². The van der Waals surface area contributed by atoms with E-state index in [1.807, 2.05) is 0 Å². The van der Waals surface area contributed by atoms with Crippen LogP contribution in [-0.4, -0.2) is 66.0 Å². The minimum atomic E-state index is -0.568. The largest absolute Gasteiger partial charge is 0.374 e. The molecule has 7 nitrogen and oxygen atoms in total. The second-order valence-corrected chi connectivity index (χ2v) is 7.44. The van der Waals surface area contributed by atoms with E-state index < -0.39 is 6.17 Å². The number of rotatable bonds is 5. The van der Waals surface area contributed by atoms with Crippen LogP contribution < -0.4 is 10.6 Å². The van der Waals surface area contributed by atoms with Gasteiger partial charge in [0.2, 0.25) is 0 Å². The van der Waals surface area contributed by atoms with Gasteiger partial charge in [0.05, 0.1) is 12.7 Å². The Bertz CT molecular complexity index is 406. The Labute approximate surface area is 131 Å². The molecule has 7 heteroatoms. The van der Waals surface area contributed by atoms with Crippen LogP contribution >= 0.6 is 0 Å². The van der Waals surface area contributed by atoms with Crippen molar-refractivity contribution in [3.8, 4) is 0 Å². The number of nitrogens with one attached hydrogen (secondary N) is 2. The summed E-state index contributed by atoms with van der Waals surface area (Å²) in [7, 11) is 0. The summed E-state index contributed by atoms with van der Waals surface area (Å²) in [6.45, 7) is 7.72. The third kappa shape index (κ3) is 3.76. The van der Waals surface area contributed by atoms with Gasteiger partial charge in [0.1, 0.15) is 0 Å². The predicted octanol–water partition coefficient (Wildman–Crippen LogP) is 0.573. The second kappa shape index (κ2) is 6.39. The normalized spacial score (nSPS) is 34.5. The highest BCUT2D eigenvalue weighted by molar-refractivity contribution is 4.98. The highest BCUT2D eigenvalue weighted by Crippen LogP contribution is 2.27. The van der Waals surface area contributed by atoms with Gasteiger partial charge in [-0.25, -0.2) is 0 Å². The third-order valence-electron chi connectivity index (χ3n) is 5.19. The minimum absolute atomic E-state index is 0.0225. The Morgan fingerprint density at radius 2 is 2.09 bits per heavy atom. The Balaban J connectivity index is 1.53. The van der Waals surface area contributed by atoms with Gasteiger partial charge < -0.3 is 10.1 Å². The molecule has 0 aromatic carbocycles. The van der Waals surface area contributed by atoms with Gasteiger partial charge in [-0.05, 0) is 33.1 Å². The number of hydrogen-bond acceptors (Lipinski definition) is 6. The van der Waals surface area contributed by atoms with Crippen molar-refractivity contribution in [3.63, 3.8) is 0 Å². The molecule has 2 saturated heterocycles. The van der Waals surface area contributed by atoms with Gasteiger partial charge in [0.25, 0.3) is 6.17 Å². The highest BCUT2D eigenvalue weighted by Gasteiger charge is 2.40. The van der Waals surface area contributed by atoms with Crippen molar-refractivity contribution in [2.24, 2.45) is 0 Å². The first kappa shape index (κ1) is 16.1. The van der Waals surface area contributed by atoms with Crippen LogP contribution in [0, 0.1) is 10.1 Å². The van der Waals surface area contributed by atoms with Crippen molar-refractivity contribution < 1.29 is 9.66 Å². The summed E-state index contributed by atoms with van der Waals surface area (Å²) in [4.78, 5) is 13.1. The third-order valence-corrected chi connectivity index (χ3v) is 5.19. The highest BCUT2D eigenvalue weighted by atomic mass is 16.6. The van der Waals surface area contributed by atoms with Gasteiger partial charge in [-0.15, -0.1) is 0 Å². The summed E-state index contributed by atoms with van der Waals surface area (Å²) in [6.07, 6.45) is 3.66. The molecule has 3 unspecified atom stereocenters. The Morgan fingerprint density at radius 3 is 2.68 bits per heavy atom. The molecule has 126 valence electrons.